The summed E-state index contributed by atoms with van der Waals surface area (Å²) in [6, 6.07) is 1.97. The van der Waals surface area contributed by atoms with Gasteiger partial charge in [0.05, 0.1) is 5.69 Å². The number of rotatable bonds is 1. The van der Waals surface area contributed by atoms with Crippen LogP contribution in [0.4, 0.5) is 10.6 Å². The van der Waals surface area contributed by atoms with Crippen LogP contribution in [0.5, 0.6) is 0 Å². The number of ether oxygens (including phenoxy) is 1. The lowest BCUT2D eigenvalue weighted by Gasteiger charge is -2.38. The van der Waals surface area contributed by atoms with Crippen LogP contribution in [0.2, 0.25) is 0 Å². The lowest BCUT2D eigenvalue weighted by atomic mass is 9.97. The lowest BCUT2D eigenvalue weighted by molar-refractivity contribution is -0.118. The minimum Gasteiger partial charge on any atom is -0.444 e. The van der Waals surface area contributed by atoms with E-state index in [1.807, 2.05) is 31.5 Å². The highest BCUT2D eigenvalue weighted by Gasteiger charge is 2.36. The van der Waals surface area contributed by atoms with Gasteiger partial charge in [-0.3, -0.25) is 4.79 Å². The normalized spacial score (nSPS) is 19.2. The smallest absolute Gasteiger partial charge is 0.410 e. The van der Waals surface area contributed by atoms with Gasteiger partial charge in [0.2, 0.25) is 5.91 Å². The Morgan fingerprint density at radius 1 is 1.35 bits per heavy atom. The molecule has 1 aromatic rings. The van der Waals surface area contributed by atoms with Crippen LogP contribution in [0.1, 0.15) is 45.2 Å². The average Bonchev–Trinajstić information content (AvgIpc) is 2.72. The Bertz CT molecular complexity index is 626. The van der Waals surface area contributed by atoms with Crippen molar-refractivity contribution >= 4 is 17.8 Å². The Hall–Kier alpha value is -2.05. The van der Waals surface area contributed by atoms with Gasteiger partial charge in [0.15, 0.2) is 0 Å². The van der Waals surface area contributed by atoms with Gasteiger partial charge >= 0.3 is 6.09 Å². The van der Waals surface area contributed by atoms with Gasteiger partial charge < -0.3 is 14.5 Å². The highest BCUT2D eigenvalue weighted by Crippen LogP contribution is 2.31. The van der Waals surface area contributed by atoms with E-state index in [-0.39, 0.29) is 17.9 Å². The summed E-state index contributed by atoms with van der Waals surface area (Å²) < 4.78 is 7.26. The number of carbonyl (C=O) groups excluding carboxylic acids is 2. The molecular formula is C16H24N4O3. The van der Waals surface area contributed by atoms with E-state index in [0.717, 1.165) is 24.5 Å². The van der Waals surface area contributed by atoms with Crippen LogP contribution in [-0.2, 0) is 16.1 Å². The summed E-state index contributed by atoms with van der Waals surface area (Å²) in [6.07, 6.45) is 1.10. The second-order valence-corrected chi connectivity index (χ2v) is 7.29. The van der Waals surface area contributed by atoms with Gasteiger partial charge in [-0.1, -0.05) is 0 Å². The zero-order valence-corrected chi connectivity index (χ0v) is 14.2. The molecule has 0 saturated carbocycles. The van der Waals surface area contributed by atoms with Crippen molar-refractivity contribution in [3.63, 3.8) is 0 Å². The van der Waals surface area contributed by atoms with Gasteiger partial charge in [-0.2, -0.15) is 5.10 Å². The van der Waals surface area contributed by atoms with Crippen LogP contribution in [-0.4, -0.2) is 52.4 Å². The monoisotopic (exact) mass is 320 g/mol. The molecule has 0 radical (unpaired) electrons. The van der Waals surface area contributed by atoms with Crippen LogP contribution >= 0.6 is 0 Å². The van der Waals surface area contributed by atoms with Gasteiger partial charge in [0.1, 0.15) is 11.4 Å². The number of likely N-dealkylation sites (tertiary alicyclic amines) is 1. The molecule has 3 heterocycles. The number of fused-ring (bicyclic) bond motifs is 1. The van der Waals surface area contributed by atoms with Crippen LogP contribution in [0, 0.1) is 0 Å². The minimum absolute atomic E-state index is 0.124. The summed E-state index contributed by atoms with van der Waals surface area (Å²) in [5, 5.41) is 4.63. The molecule has 0 N–H and O–H groups in total. The van der Waals surface area contributed by atoms with Gasteiger partial charge in [-0.05, 0) is 27.2 Å². The standard InChI is InChI=1S/C16H24N4O3/c1-16(2,3)23-15(22)19-9-11(10-19)12-8-13-18(4)14(21)6-5-7-20(13)17-12/h8,11H,5-7,9-10H2,1-4H3. The van der Waals surface area contributed by atoms with Gasteiger partial charge in [-0.15, -0.1) is 0 Å². The number of amides is 2. The Morgan fingerprint density at radius 2 is 2.04 bits per heavy atom. The maximum atomic E-state index is 12.0. The molecule has 1 aromatic heterocycles. The molecule has 0 unspecified atom stereocenters. The Balaban J connectivity index is 1.65. The summed E-state index contributed by atoms with van der Waals surface area (Å²) in [5.74, 6) is 1.18. The van der Waals surface area contributed by atoms with Crippen molar-refractivity contribution in [1.29, 1.82) is 0 Å². The number of aromatic nitrogens is 2. The molecular weight excluding hydrogens is 296 g/mol. The predicted molar refractivity (Wildman–Crippen MR) is 85.4 cm³/mol. The largest absolute Gasteiger partial charge is 0.444 e. The van der Waals surface area contributed by atoms with E-state index in [2.05, 4.69) is 5.10 Å². The molecule has 2 aliphatic heterocycles. The molecule has 0 aromatic carbocycles. The molecule has 1 fully saturated rings. The fourth-order valence-corrected chi connectivity index (χ4v) is 2.88. The van der Waals surface area contributed by atoms with Crippen molar-refractivity contribution in [2.24, 2.45) is 0 Å². The molecule has 0 aliphatic carbocycles. The summed E-state index contributed by atoms with van der Waals surface area (Å²) >= 11 is 0. The lowest BCUT2D eigenvalue weighted by Crippen LogP contribution is -2.50. The van der Waals surface area contributed by atoms with Crippen LogP contribution in [0.25, 0.3) is 0 Å². The summed E-state index contributed by atoms with van der Waals surface area (Å²) in [4.78, 5) is 27.3. The Morgan fingerprint density at radius 3 is 2.70 bits per heavy atom. The van der Waals surface area contributed by atoms with Crippen LogP contribution in [0.3, 0.4) is 0 Å². The van der Waals surface area contributed by atoms with E-state index >= 15 is 0 Å². The second-order valence-electron chi connectivity index (χ2n) is 7.29. The Kier molecular flexibility index (Phi) is 3.82. The zero-order valence-electron chi connectivity index (χ0n) is 14.2. The second kappa shape index (κ2) is 5.54. The first-order valence-electron chi connectivity index (χ1n) is 8.07. The van der Waals surface area contributed by atoms with E-state index < -0.39 is 5.60 Å². The quantitative estimate of drug-likeness (QED) is 0.793. The zero-order chi connectivity index (χ0) is 16.8. The number of carbonyl (C=O) groups is 2. The number of aryl methyl sites for hydroxylation is 1. The van der Waals surface area contributed by atoms with Crippen molar-refractivity contribution in [3.05, 3.63) is 11.8 Å². The van der Waals surface area contributed by atoms with Crippen molar-refractivity contribution in [2.75, 3.05) is 25.0 Å². The van der Waals surface area contributed by atoms with Crippen molar-refractivity contribution in [1.82, 2.24) is 14.7 Å². The third kappa shape index (κ3) is 3.18. The molecule has 126 valence electrons. The fourth-order valence-electron chi connectivity index (χ4n) is 2.88. The third-order valence-corrected chi connectivity index (χ3v) is 4.21. The maximum Gasteiger partial charge on any atom is 0.410 e. The molecule has 7 nitrogen and oxygen atoms in total. The van der Waals surface area contributed by atoms with E-state index in [1.54, 1.807) is 16.8 Å². The molecule has 1 saturated heterocycles. The van der Waals surface area contributed by atoms with E-state index in [1.165, 1.54) is 0 Å². The number of hydrogen-bond donors (Lipinski definition) is 0. The topological polar surface area (TPSA) is 67.7 Å². The number of anilines is 1. The number of hydrogen-bond acceptors (Lipinski definition) is 4. The van der Waals surface area contributed by atoms with E-state index in [0.29, 0.717) is 19.5 Å². The minimum atomic E-state index is -0.475. The molecule has 23 heavy (non-hydrogen) atoms. The highest BCUT2D eigenvalue weighted by molar-refractivity contribution is 5.92. The van der Waals surface area contributed by atoms with Crippen LogP contribution < -0.4 is 4.90 Å². The molecule has 2 aliphatic rings. The van der Waals surface area contributed by atoms with Gasteiger partial charge in [0.25, 0.3) is 0 Å². The summed E-state index contributed by atoms with van der Waals surface area (Å²) in [5.41, 5.74) is 0.470. The molecule has 2 amide bonds. The molecule has 7 heteroatoms. The molecule has 0 atom stereocenters. The maximum absolute atomic E-state index is 12.0. The summed E-state index contributed by atoms with van der Waals surface area (Å²) in [7, 11) is 1.79. The third-order valence-electron chi connectivity index (χ3n) is 4.21. The van der Waals surface area contributed by atoms with Gasteiger partial charge in [-0.25, -0.2) is 9.48 Å². The molecule has 0 spiro atoms. The Labute approximate surface area is 136 Å². The van der Waals surface area contributed by atoms with Crippen molar-refractivity contribution < 1.29 is 14.3 Å². The average molecular weight is 320 g/mol. The SMILES string of the molecule is CN1C(=O)CCCn2nc(C3CN(C(=O)OC(C)(C)C)C3)cc21. The van der Waals surface area contributed by atoms with Crippen molar-refractivity contribution in [3.8, 4) is 0 Å². The summed E-state index contributed by atoms with van der Waals surface area (Å²) in [6.45, 7) is 7.57. The molecule has 3 rings (SSSR count). The fraction of sp³-hybridized carbons (Fsp3) is 0.688. The molecule has 0 bridgehead atoms. The number of nitrogens with zero attached hydrogens (tertiary/aromatic N) is 4. The highest BCUT2D eigenvalue weighted by atomic mass is 16.6. The van der Waals surface area contributed by atoms with E-state index in [9.17, 15) is 9.59 Å². The van der Waals surface area contributed by atoms with Crippen molar-refractivity contribution in [2.45, 2.75) is 51.7 Å². The predicted octanol–water partition coefficient (Wildman–Crippen LogP) is 1.97. The van der Waals surface area contributed by atoms with E-state index in [4.69, 9.17) is 4.74 Å². The first-order chi connectivity index (χ1) is 10.7. The van der Waals surface area contributed by atoms with Gasteiger partial charge in [0, 0.05) is 45.1 Å². The first-order valence-corrected chi connectivity index (χ1v) is 8.07. The van der Waals surface area contributed by atoms with Crippen LogP contribution in [0.15, 0.2) is 6.07 Å². The first kappa shape index (κ1) is 15.8.